The average molecular weight is 446 g/mol. The van der Waals surface area contributed by atoms with Crippen LogP contribution in [0.15, 0.2) is 24.3 Å². The fraction of sp³-hybridized carbons (Fsp3) is 0.680. The Balaban J connectivity index is 1.42. The number of rotatable bonds is 5. The summed E-state index contributed by atoms with van der Waals surface area (Å²) in [5.74, 6) is -0.594. The number of aliphatic hydroxyl groups is 1. The van der Waals surface area contributed by atoms with E-state index >= 15 is 0 Å². The molecule has 3 aliphatic carbocycles. The lowest BCUT2D eigenvalue weighted by Crippen LogP contribution is -2.59. The molecule has 32 heavy (non-hydrogen) atoms. The second-order valence-corrected chi connectivity index (χ2v) is 10.6. The molecule has 3 amide bonds. The van der Waals surface area contributed by atoms with Crippen molar-refractivity contribution in [2.24, 2.45) is 29.1 Å². The fourth-order valence-electron chi connectivity index (χ4n) is 6.15. The lowest BCUT2D eigenvalue weighted by Gasteiger charge is -2.56. The van der Waals surface area contributed by atoms with Gasteiger partial charge in [-0.05, 0) is 79.9 Å². The Labute approximate surface area is 189 Å². The molecule has 0 unspecified atom stereocenters. The van der Waals surface area contributed by atoms with Crippen molar-refractivity contribution in [3.8, 4) is 0 Å². The third kappa shape index (κ3) is 4.77. The van der Waals surface area contributed by atoms with Gasteiger partial charge in [-0.3, -0.25) is 4.79 Å². The van der Waals surface area contributed by atoms with E-state index < -0.39 is 11.9 Å². The van der Waals surface area contributed by atoms with E-state index in [0.717, 1.165) is 38.5 Å². The van der Waals surface area contributed by atoms with Crippen LogP contribution in [0.5, 0.6) is 0 Å². The van der Waals surface area contributed by atoms with Crippen LogP contribution in [0.3, 0.4) is 0 Å². The molecule has 0 aliphatic heterocycles. The van der Waals surface area contributed by atoms with Crippen molar-refractivity contribution in [2.75, 3.05) is 5.32 Å². The lowest BCUT2D eigenvalue weighted by atomic mass is 9.52. The van der Waals surface area contributed by atoms with Crippen molar-refractivity contribution in [3.05, 3.63) is 30.1 Å². The number of nitrogens with one attached hydrogen (secondary N) is 3. The molecule has 0 heterocycles. The molecule has 4 rings (SSSR count). The van der Waals surface area contributed by atoms with Gasteiger partial charge in [0, 0.05) is 23.7 Å². The van der Waals surface area contributed by atoms with Gasteiger partial charge in [-0.2, -0.15) is 0 Å². The molecule has 3 aliphatic rings. The monoisotopic (exact) mass is 445 g/mol. The third-order valence-electron chi connectivity index (χ3n) is 8.27. The second kappa shape index (κ2) is 9.00. The number of benzene rings is 1. The molecular weight excluding hydrogens is 409 g/mol. The summed E-state index contributed by atoms with van der Waals surface area (Å²) in [5.41, 5.74) is 0.406. The predicted octanol–water partition coefficient (Wildman–Crippen LogP) is 4.05. The van der Waals surface area contributed by atoms with E-state index in [1.165, 1.54) is 12.1 Å². The Morgan fingerprint density at radius 3 is 2.56 bits per heavy atom. The molecule has 4 N–H and O–H groups in total. The highest BCUT2D eigenvalue weighted by molar-refractivity contribution is 5.89. The molecule has 3 fully saturated rings. The maximum Gasteiger partial charge on any atom is 0.319 e. The van der Waals surface area contributed by atoms with Gasteiger partial charge in [-0.15, -0.1) is 0 Å². The summed E-state index contributed by atoms with van der Waals surface area (Å²) in [5, 5.41) is 20.3. The summed E-state index contributed by atoms with van der Waals surface area (Å²) in [6, 6.07) is 5.67. The molecule has 0 radical (unpaired) electrons. The smallest absolute Gasteiger partial charge is 0.319 e. The number of hydrogen-bond acceptors (Lipinski definition) is 3. The lowest BCUT2D eigenvalue weighted by molar-refractivity contribution is -0.142. The van der Waals surface area contributed by atoms with Crippen LogP contribution in [0.4, 0.5) is 14.9 Å². The zero-order valence-electron chi connectivity index (χ0n) is 19.2. The van der Waals surface area contributed by atoms with Crippen LogP contribution in [-0.2, 0) is 4.79 Å². The van der Waals surface area contributed by atoms with Gasteiger partial charge < -0.3 is 21.1 Å². The molecule has 176 valence electrons. The highest BCUT2D eigenvalue weighted by atomic mass is 19.1. The van der Waals surface area contributed by atoms with Gasteiger partial charge in [0.15, 0.2) is 0 Å². The number of aliphatic hydroxyl groups excluding tert-OH is 1. The van der Waals surface area contributed by atoms with E-state index in [9.17, 15) is 19.1 Å². The minimum absolute atomic E-state index is 0.000757. The van der Waals surface area contributed by atoms with Gasteiger partial charge in [0.1, 0.15) is 5.82 Å². The van der Waals surface area contributed by atoms with E-state index in [1.54, 1.807) is 12.1 Å². The van der Waals surface area contributed by atoms with Crippen molar-refractivity contribution in [1.29, 1.82) is 0 Å². The van der Waals surface area contributed by atoms with Gasteiger partial charge in [0.2, 0.25) is 5.91 Å². The number of hydrogen-bond donors (Lipinski definition) is 4. The fourth-order valence-corrected chi connectivity index (χ4v) is 6.15. The van der Waals surface area contributed by atoms with Crippen LogP contribution >= 0.6 is 0 Å². The van der Waals surface area contributed by atoms with Gasteiger partial charge in [-0.1, -0.05) is 26.8 Å². The van der Waals surface area contributed by atoms with Crippen molar-refractivity contribution in [3.63, 3.8) is 0 Å². The Bertz CT molecular complexity index is 861. The van der Waals surface area contributed by atoms with Crippen LogP contribution in [-0.4, -0.2) is 35.2 Å². The molecule has 7 atom stereocenters. The third-order valence-corrected chi connectivity index (χ3v) is 8.27. The number of anilines is 1. The summed E-state index contributed by atoms with van der Waals surface area (Å²) >= 11 is 0. The summed E-state index contributed by atoms with van der Waals surface area (Å²) in [6.45, 7) is 6.27. The molecule has 3 saturated carbocycles. The Kier molecular flexibility index (Phi) is 6.48. The number of amides is 3. The molecule has 0 bridgehead atoms. The predicted molar refractivity (Wildman–Crippen MR) is 121 cm³/mol. The van der Waals surface area contributed by atoms with E-state index in [-0.39, 0.29) is 47.1 Å². The number of fused-ring (bicyclic) bond motifs is 1. The molecule has 1 aromatic carbocycles. The molecular formula is C25H36FN3O3. The SMILES string of the molecule is C[C@H]1[C@@H]2[C@@H](O)[C@@H]([C@H](C)C(=O)NC3CC3)CC[C@@]2(C)CC[C@@H]1NC(=O)Nc1cccc(F)c1. The van der Waals surface area contributed by atoms with Crippen molar-refractivity contribution >= 4 is 17.6 Å². The van der Waals surface area contributed by atoms with Gasteiger partial charge in [0.05, 0.1) is 6.10 Å². The Morgan fingerprint density at radius 1 is 1.16 bits per heavy atom. The van der Waals surface area contributed by atoms with Crippen LogP contribution in [0.2, 0.25) is 0 Å². The number of urea groups is 1. The average Bonchev–Trinajstić information content (AvgIpc) is 3.54. The first kappa shape index (κ1) is 23.0. The minimum Gasteiger partial charge on any atom is -0.392 e. The largest absolute Gasteiger partial charge is 0.392 e. The zero-order chi connectivity index (χ0) is 23.0. The number of carbonyl (C=O) groups is 2. The molecule has 7 heteroatoms. The van der Waals surface area contributed by atoms with Crippen molar-refractivity contribution in [1.82, 2.24) is 10.6 Å². The topological polar surface area (TPSA) is 90.5 Å². The second-order valence-electron chi connectivity index (χ2n) is 10.6. The summed E-state index contributed by atoms with van der Waals surface area (Å²) in [6.07, 6.45) is 5.09. The number of carbonyl (C=O) groups excluding carboxylic acids is 2. The maximum atomic E-state index is 13.4. The maximum absolute atomic E-state index is 13.4. The van der Waals surface area contributed by atoms with E-state index in [2.05, 4.69) is 29.8 Å². The summed E-state index contributed by atoms with van der Waals surface area (Å²) in [7, 11) is 0. The van der Waals surface area contributed by atoms with Crippen molar-refractivity contribution < 1.29 is 19.1 Å². The van der Waals surface area contributed by atoms with Gasteiger partial charge >= 0.3 is 6.03 Å². The zero-order valence-corrected chi connectivity index (χ0v) is 19.2. The molecule has 6 nitrogen and oxygen atoms in total. The first-order valence-corrected chi connectivity index (χ1v) is 12.0. The van der Waals surface area contributed by atoms with E-state index in [4.69, 9.17) is 0 Å². The standard InChI is InChI=1S/C25H36FN3O3/c1-14(23(31)27-17-7-8-17)19-9-11-25(3)12-10-20(15(2)21(25)22(19)30)29-24(32)28-18-6-4-5-16(26)13-18/h4-6,13-15,17,19-22,30H,7-12H2,1-3H3,(H,27,31)(H2,28,29,32)/t14-,15+,19+,20-,21+,22-,25-/m0/s1. The van der Waals surface area contributed by atoms with Crippen LogP contribution < -0.4 is 16.0 Å². The van der Waals surface area contributed by atoms with Crippen molar-refractivity contribution in [2.45, 2.75) is 77.5 Å². The number of halogens is 1. The van der Waals surface area contributed by atoms with E-state index in [0.29, 0.717) is 11.7 Å². The first-order valence-electron chi connectivity index (χ1n) is 12.0. The van der Waals surface area contributed by atoms with Gasteiger partial charge in [-0.25, -0.2) is 9.18 Å². The minimum atomic E-state index is -0.584. The highest BCUT2D eigenvalue weighted by Gasteiger charge is 2.54. The quantitative estimate of drug-likeness (QED) is 0.551. The van der Waals surface area contributed by atoms with Crippen LogP contribution in [0.1, 0.15) is 59.3 Å². The molecule has 0 spiro atoms. The summed E-state index contributed by atoms with van der Waals surface area (Å²) < 4.78 is 13.4. The molecule has 0 saturated heterocycles. The first-order chi connectivity index (χ1) is 15.2. The highest BCUT2D eigenvalue weighted by Crippen LogP contribution is 2.55. The van der Waals surface area contributed by atoms with Crippen LogP contribution in [0.25, 0.3) is 0 Å². The normalized spacial score (nSPS) is 35.3. The molecule has 0 aromatic heterocycles. The van der Waals surface area contributed by atoms with Crippen LogP contribution in [0, 0.1) is 34.9 Å². The van der Waals surface area contributed by atoms with E-state index in [1.807, 2.05) is 6.92 Å². The Hall–Kier alpha value is -2.15. The Morgan fingerprint density at radius 2 is 1.88 bits per heavy atom. The summed E-state index contributed by atoms with van der Waals surface area (Å²) in [4.78, 5) is 25.2. The molecule has 1 aromatic rings. The van der Waals surface area contributed by atoms with Gasteiger partial charge in [0.25, 0.3) is 0 Å².